The molecule has 9 heteroatoms. The van der Waals surface area contributed by atoms with Gasteiger partial charge >= 0.3 is 5.97 Å². The van der Waals surface area contributed by atoms with Crippen molar-refractivity contribution in [2.45, 2.75) is 6.04 Å². The first-order valence-electron chi connectivity index (χ1n) is 7.97. The SMILES string of the molecule is COC(=O)C(=O)C1=C(c2ccc(F)cc2)NC(=S)N[C@@H]1c1ccc(F)cc1F. The second kappa shape index (κ2) is 7.81. The Balaban J connectivity index is 2.25. The first-order valence-corrected chi connectivity index (χ1v) is 8.38. The Morgan fingerprint density at radius 2 is 1.68 bits per heavy atom. The minimum atomic E-state index is -1.19. The number of methoxy groups -OCH3 is 1. The van der Waals surface area contributed by atoms with Crippen LogP contribution in [0.25, 0.3) is 5.70 Å². The number of benzene rings is 2. The molecule has 1 heterocycles. The van der Waals surface area contributed by atoms with Gasteiger partial charge in [-0.15, -0.1) is 0 Å². The van der Waals surface area contributed by atoms with E-state index in [0.717, 1.165) is 31.4 Å². The molecule has 0 saturated carbocycles. The Bertz CT molecular complexity index is 1010. The van der Waals surface area contributed by atoms with E-state index in [0.29, 0.717) is 11.6 Å². The van der Waals surface area contributed by atoms with Gasteiger partial charge in [-0.05, 0) is 48.1 Å². The van der Waals surface area contributed by atoms with Crippen LogP contribution in [0.15, 0.2) is 48.0 Å². The van der Waals surface area contributed by atoms with Crippen molar-refractivity contribution in [1.29, 1.82) is 0 Å². The molecule has 2 N–H and O–H groups in total. The first kappa shape index (κ1) is 19.6. The van der Waals surface area contributed by atoms with Crippen molar-refractivity contribution in [3.63, 3.8) is 0 Å². The Hall–Kier alpha value is -3.20. The van der Waals surface area contributed by atoms with Crippen LogP contribution in [-0.4, -0.2) is 24.0 Å². The zero-order chi connectivity index (χ0) is 20.4. The van der Waals surface area contributed by atoms with E-state index in [1.54, 1.807) is 0 Å². The number of thiocarbonyl (C=S) groups is 1. The third-order valence-electron chi connectivity index (χ3n) is 4.09. The quantitative estimate of drug-likeness (QED) is 0.463. The summed E-state index contributed by atoms with van der Waals surface area (Å²) >= 11 is 5.13. The lowest BCUT2D eigenvalue weighted by Crippen LogP contribution is -2.46. The van der Waals surface area contributed by atoms with Gasteiger partial charge in [-0.2, -0.15) is 0 Å². The van der Waals surface area contributed by atoms with E-state index < -0.39 is 35.2 Å². The number of ether oxygens (including phenoxy) is 1. The summed E-state index contributed by atoms with van der Waals surface area (Å²) in [6, 6.07) is 6.67. The highest BCUT2D eigenvalue weighted by Crippen LogP contribution is 2.33. The zero-order valence-electron chi connectivity index (χ0n) is 14.4. The number of carbonyl (C=O) groups excluding carboxylic acids is 2. The largest absolute Gasteiger partial charge is 0.463 e. The lowest BCUT2D eigenvalue weighted by Gasteiger charge is -2.31. The predicted molar refractivity (Wildman–Crippen MR) is 98.3 cm³/mol. The van der Waals surface area contributed by atoms with Gasteiger partial charge in [-0.25, -0.2) is 18.0 Å². The van der Waals surface area contributed by atoms with Gasteiger partial charge in [0.2, 0.25) is 0 Å². The number of Topliss-reactive ketones (excluding diaryl/α,β-unsaturated/α-hetero) is 1. The van der Waals surface area contributed by atoms with Gasteiger partial charge in [0.05, 0.1) is 24.4 Å². The van der Waals surface area contributed by atoms with Gasteiger partial charge in [-0.3, -0.25) is 4.79 Å². The Kier molecular flexibility index (Phi) is 5.46. The molecule has 0 fully saturated rings. The summed E-state index contributed by atoms with van der Waals surface area (Å²) in [5.41, 5.74) is 0.132. The maximum absolute atomic E-state index is 14.4. The number of carbonyl (C=O) groups is 2. The summed E-state index contributed by atoms with van der Waals surface area (Å²) in [6.07, 6.45) is 0. The fourth-order valence-corrected chi connectivity index (χ4v) is 3.04. The molecular weight excluding hydrogens is 393 g/mol. The van der Waals surface area contributed by atoms with E-state index in [1.807, 2.05) is 0 Å². The molecule has 2 aromatic carbocycles. The number of halogens is 3. The van der Waals surface area contributed by atoms with Crippen molar-refractivity contribution in [2.75, 3.05) is 7.11 Å². The molecule has 1 aliphatic heterocycles. The molecule has 0 amide bonds. The van der Waals surface area contributed by atoms with Crippen molar-refractivity contribution in [3.05, 3.63) is 76.6 Å². The molecule has 0 radical (unpaired) electrons. The van der Waals surface area contributed by atoms with Gasteiger partial charge in [0.1, 0.15) is 17.5 Å². The molecule has 2 aromatic rings. The zero-order valence-corrected chi connectivity index (χ0v) is 15.2. The van der Waals surface area contributed by atoms with E-state index in [2.05, 4.69) is 15.4 Å². The highest BCUT2D eigenvalue weighted by Gasteiger charge is 2.36. The summed E-state index contributed by atoms with van der Waals surface area (Å²) in [6.45, 7) is 0. The van der Waals surface area contributed by atoms with Crippen LogP contribution < -0.4 is 10.6 Å². The van der Waals surface area contributed by atoms with E-state index in [1.165, 1.54) is 12.1 Å². The van der Waals surface area contributed by atoms with Crippen LogP contribution in [-0.2, 0) is 14.3 Å². The summed E-state index contributed by atoms with van der Waals surface area (Å²) in [4.78, 5) is 24.7. The minimum Gasteiger partial charge on any atom is -0.463 e. The van der Waals surface area contributed by atoms with Crippen LogP contribution in [0.5, 0.6) is 0 Å². The minimum absolute atomic E-state index is 0.0365. The molecule has 1 atom stereocenters. The smallest absolute Gasteiger partial charge is 0.379 e. The van der Waals surface area contributed by atoms with Crippen molar-refractivity contribution in [3.8, 4) is 0 Å². The van der Waals surface area contributed by atoms with Crippen molar-refractivity contribution in [2.24, 2.45) is 0 Å². The number of rotatable bonds is 4. The molecule has 28 heavy (non-hydrogen) atoms. The van der Waals surface area contributed by atoms with Crippen LogP contribution in [0.1, 0.15) is 17.2 Å². The van der Waals surface area contributed by atoms with Crippen LogP contribution in [0, 0.1) is 17.5 Å². The van der Waals surface area contributed by atoms with Gasteiger partial charge in [0.15, 0.2) is 5.11 Å². The molecule has 144 valence electrons. The number of hydrogen-bond acceptors (Lipinski definition) is 4. The van der Waals surface area contributed by atoms with Crippen molar-refractivity contribution >= 4 is 34.8 Å². The van der Waals surface area contributed by atoms with E-state index in [-0.39, 0.29) is 21.9 Å². The van der Waals surface area contributed by atoms with E-state index >= 15 is 0 Å². The molecule has 1 aliphatic rings. The molecule has 0 aliphatic carbocycles. The second-order valence-electron chi connectivity index (χ2n) is 5.81. The summed E-state index contributed by atoms with van der Waals surface area (Å²) in [5.74, 6) is -4.49. The number of ketones is 1. The standard InChI is InChI=1S/C19H13F3N2O3S/c1-27-18(26)17(25)14-15(9-2-4-10(20)5-3-9)23-19(28)24-16(14)12-7-6-11(21)8-13(12)22/h2-8,16H,1H3,(H2,23,24,28)/t16-/m1/s1. The Labute approximate surface area is 163 Å². The second-order valence-corrected chi connectivity index (χ2v) is 6.22. The third kappa shape index (κ3) is 3.74. The molecule has 0 unspecified atom stereocenters. The normalized spacial score (nSPS) is 16.3. The monoisotopic (exact) mass is 406 g/mol. The predicted octanol–water partition coefficient (Wildman–Crippen LogP) is 2.78. The highest BCUT2D eigenvalue weighted by atomic mass is 32.1. The van der Waals surface area contributed by atoms with Crippen LogP contribution in [0.2, 0.25) is 0 Å². The molecule has 3 rings (SSSR count). The van der Waals surface area contributed by atoms with Crippen LogP contribution >= 0.6 is 12.2 Å². The summed E-state index contributed by atoms with van der Waals surface area (Å²) < 4.78 is 45.5. The van der Waals surface area contributed by atoms with Gasteiger partial charge in [0, 0.05) is 11.6 Å². The van der Waals surface area contributed by atoms with Gasteiger partial charge in [0.25, 0.3) is 5.78 Å². The molecule has 0 saturated heterocycles. The molecule has 0 aromatic heterocycles. The van der Waals surface area contributed by atoms with Crippen LogP contribution in [0.3, 0.4) is 0 Å². The molecular formula is C19H13F3N2O3S. The highest BCUT2D eigenvalue weighted by molar-refractivity contribution is 7.80. The lowest BCUT2D eigenvalue weighted by molar-refractivity contribution is -0.150. The van der Waals surface area contributed by atoms with E-state index in [9.17, 15) is 22.8 Å². The maximum atomic E-state index is 14.4. The number of esters is 1. The topological polar surface area (TPSA) is 67.4 Å². The summed E-state index contributed by atoms with van der Waals surface area (Å²) in [5, 5.41) is 5.49. The maximum Gasteiger partial charge on any atom is 0.379 e. The number of nitrogens with one attached hydrogen (secondary N) is 2. The molecule has 0 bridgehead atoms. The first-order chi connectivity index (χ1) is 13.3. The van der Waals surface area contributed by atoms with Crippen molar-refractivity contribution < 1.29 is 27.5 Å². The average Bonchev–Trinajstić information content (AvgIpc) is 2.66. The Morgan fingerprint density at radius 3 is 2.29 bits per heavy atom. The molecule has 0 spiro atoms. The molecule has 5 nitrogen and oxygen atoms in total. The summed E-state index contributed by atoms with van der Waals surface area (Å²) in [7, 11) is 1.03. The Morgan fingerprint density at radius 1 is 1.04 bits per heavy atom. The van der Waals surface area contributed by atoms with Gasteiger partial charge in [-0.1, -0.05) is 6.07 Å². The fraction of sp³-hybridized carbons (Fsp3) is 0.105. The average molecular weight is 406 g/mol. The third-order valence-corrected chi connectivity index (χ3v) is 4.31. The fourth-order valence-electron chi connectivity index (χ4n) is 2.82. The lowest BCUT2D eigenvalue weighted by atomic mass is 9.89. The van der Waals surface area contributed by atoms with E-state index in [4.69, 9.17) is 12.2 Å². The van der Waals surface area contributed by atoms with Crippen molar-refractivity contribution in [1.82, 2.24) is 10.6 Å². The number of hydrogen-bond donors (Lipinski definition) is 2. The van der Waals surface area contributed by atoms with Gasteiger partial charge < -0.3 is 15.4 Å². The van der Waals surface area contributed by atoms with Crippen LogP contribution in [0.4, 0.5) is 13.2 Å².